The van der Waals surface area contributed by atoms with Crippen molar-refractivity contribution in [2.45, 2.75) is 38.1 Å². The molecular formula is C15H20BrFN2O. The van der Waals surface area contributed by atoms with Crippen LogP contribution < -0.4 is 11.1 Å². The van der Waals surface area contributed by atoms with E-state index in [0.29, 0.717) is 22.5 Å². The molecule has 1 fully saturated rings. The molecule has 1 amide bonds. The average Bonchev–Trinajstić information content (AvgIpc) is 2.44. The zero-order chi connectivity index (χ0) is 14.8. The van der Waals surface area contributed by atoms with Gasteiger partial charge in [-0.1, -0.05) is 19.8 Å². The van der Waals surface area contributed by atoms with Gasteiger partial charge in [-0.2, -0.15) is 0 Å². The maximum absolute atomic E-state index is 13.3. The third-order valence-electron chi connectivity index (χ3n) is 4.35. The Kier molecular flexibility index (Phi) is 4.81. The first kappa shape index (κ1) is 15.4. The van der Waals surface area contributed by atoms with Gasteiger partial charge in [-0.15, -0.1) is 0 Å². The monoisotopic (exact) mass is 342 g/mol. The molecule has 1 aromatic carbocycles. The molecule has 0 radical (unpaired) electrons. The van der Waals surface area contributed by atoms with Crippen LogP contribution in [0.15, 0.2) is 22.7 Å². The van der Waals surface area contributed by atoms with E-state index in [-0.39, 0.29) is 11.4 Å². The number of rotatable bonds is 3. The molecule has 2 atom stereocenters. The quantitative estimate of drug-likeness (QED) is 0.885. The third-order valence-corrected chi connectivity index (χ3v) is 5.04. The smallest absolute Gasteiger partial charge is 0.253 e. The van der Waals surface area contributed by atoms with Crippen LogP contribution in [0.25, 0.3) is 0 Å². The van der Waals surface area contributed by atoms with Crippen molar-refractivity contribution < 1.29 is 9.18 Å². The molecule has 0 bridgehead atoms. The number of amides is 1. The van der Waals surface area contributed by atoms with Crippen LogP contribution in [0.2, 0.25) is 0 Å². The second-order valence-electron chi connectivity index (χ2n) is 5.59. The number of nitrogens with one attached hydrogen (secondary N) is 1. The van der Waals surface area contributed by atoms with Gasteiger partial charge < -0.3 is 11.1 Å². The topological polar surface area (TPSA) is 55.1 Å². The van der Waals surface area contributed by atoms with Crippen molar-refractivity contribution in [2.24, 2.45) is 11.7 Å². The van der Waals surface area contributed by atoms with E-state index in [9.17, 15) is 9.18 Å². The van der Waals surface area contributed by atoms with E-state index < -0.39 is 5.82 Å². The van der Waals surface area contributed by atoms with Gasteiger partial charge in [0.05, 0.1) is 11.1 Å². The molecule has 5 heteroatoms. The summed E-state index contributed by atoms with van der Waals surface area (Å²) in [7, 11) is 0. The van der Waals surface area contributed by atoms with Crippen molar-refractivity contribution in [3.63, 3.8) is 0 Å². The van der Waals surface area contributed by atoms with Crippen molar-refractivity contribution in [3.8, 4) is 0 Å². The maximum Gasteiger partial charge on any atom is 0.253 e. The lowest BCUT2D eigenvalue weighted by Crippen LogP contribution is -2.59. The zero-order valence-corrected chi connectivity index (χ0v) is 13.2. The van der Waals surface area contributed by atoms with Gasteiger partial charge in [0.1, 0.15) is 5.82 Å². The SMILES string of the molecule is CC1CCCCC1(CN)NC(=O)c1cc(F)ccc1Br. The number of carbonyl (C=O) groups is 1. The number of benzene rings is 1. The van der Waals surface area contributed by atoms with Gasteiger partial charge in [-0.25, -0.2) is 4.39 Å². The summed E-state index contributed by atoms with van der Waals surface area (Å²) in [5, 5.41) is 3.06. The predicted molar refractivity (Wildman–Crippen MR) is 81.0 cm³/mol. The molecule has 1 aromatic rings. The lowest BCUT2D eigenvalue weighted by Gasteiger charge is -2.42. The van der Waals surface area contributed by atoms with Crippen molar-refractivity contribution in [2.75, 3.05) is 6.54 Å². The molecular weight excluding hydrogens is 323 g/mol. The minimum atomic E-state index is -0.420. The molecule has 0 heterocycles. The second-order valence-corrected chi connectivity index (χ2v) is 6.44. The standard InChI is InChI=1S/C15H20BrFN2O/c1-10-4-2-3-7-15(10,9-18)19-14(20)12-8-11(17)5-6-13(12)16/h5-6,8,10H,2-4,7,9,18H2,1H3,(H,19,20). The minimum absolute atomic E-state index is 0.268. The summed E-state index contributed by atoms with van der Waals surface area (Å²) in [5.41, 5.74) is 5.86. The lowest BCUT2D eigenvalue weighted by atomic mass is 9.73. The molecule has 1 aliphatic rings. The highest BCUT2D eigenvalue weighted by Gasteiger charge is 2.38. The molecule has 110 valence electrons. The minimum Gasteiger partial charge on any atom is -0.345 e. The van der Waals surface area contributed by atoms with Crippen molar-refractivity contribution >= 4 is 21.8 Å². The summed E-state index contributed by atoms with van der Waals surface area (Å²) in [5.74, 6) is -0.357. The van der Waals surface area contributed by atoms with Gasteiger partial charge in [-0.3, -0.25) is 4.79 Å². The first-order valence-electron chi connectivity index (χ1n) is 6.96. The van der Waals surface area contributed by atoms with Crippen LogP contribution in [0.3, 0.4) is 0 Å². The molecule has 2 rings (SSSR count). The summed E-state index contributed by atoms with van der Waals surface area (Å²) in [4.78, 5) is 12.4. The van der Waals surface area contributed by atoms with Crippen molar-refractivity contribution in [3.05, 3.63) is 34.1 Å². The highest BCUT2D eigenvalue weighted by Crippen LogP contribution is 2.33. The molecule has 3 N–H and O–H groups in total. The fourth-order valence-corrected chi connectivity index (χ4v) is 3.35. The zero-order valence-electron chi connectivity index (χ0n) is 11.6. The Balaban J connectivity index is 2.23. The molecule has 20 heavy (non-hydrogen) atoms. The number of hydrogen-bond acceptors (Lipinski definition) is 2. The van der Waals surface area contributed by atoms with Crippen LogP contribution >= 0.6 is 15.9 Å². The van der Waals surface area contributed by atoms with E-state index in [0.717, 1.165) is 19.3 Å². The average molecular weight is 343 g/mol. The van der Waals surface area contributed by atoms with E-state index in [2.05, 4.69) is 28.2 Å². The Morgan fingerprint density at radius 2 is 2.30 bits per heavy atom. The number of hydrogen-bond donors (Lipinski definition) is 2. The summed E-state index contributed by atoms with van der Waals surface area (Å²) in [6, 6.07) is 4.11. The number of nitrogens with two attached hydrogens (primary N) is 1. The first-order chi connectivity index (χ1) is 9.48. The van der Waals surface area contributed by atoms with E-state index in [1.807, 2.05) is 0 Å². The Hall–Kier alpha value is -0.940. The second kappa shape index (κ2) is 6.22. The summed E-state index contributed by atoms with van der Waals surface area (Å²) >= 11 is 3.29. The van der Waals surface area contributed by atoms with Crippen LogP contribution in [0, 0.1) is 11.7 Å². The highest BCUT2D eigenvalue weighted by molar-refractivity contribution is 9.10. The summed E-state index contributed by atoms with van der Waals surface area (Å²) < 4.78 is 13.9. The molecule has 0 aromatic heterocycles. The maximum atomic E-state index is 13.3. The van der Waals surface area contributed by atoms with Crippen LogP contribution in [-0.2, 0) is 0 Å². The molecule has 0 saturated heterocycles. The Morgan fingerprint density at radius 1 is 1.55 bits per heavy atom. The Labute approximate surface area is 127 Å². The first-order valence-corrected chi connectivity index (χ1v) is 7.75. The Morgan fingerprint density at radius 3 is 2.95 bits per heavy atom. The Bertz CT molecular complexity index is 509. The molecule has 0 spiro atoms. The van der Waals surface area contributed by atoms with Crippen LogP contribution in [0.5, 0.6) is 0 Å². The number of halogens is 2. The van der Waals surface area contributed by atoms with Gasteiger partial charge in [0.15, 0.2) is 0 Å². The van der Waals surface area contributed by atoms with E-state index in [4.69, 9.17) is 5.73 Å². The van der Waals surface area contributed by atoms with E-state index in [1.54, 1.807) is 6.07 Å². The molecule has 1 aliphatic carbocycles. The highest BCUT2D eigenvalue weighted by atomic mass is 79.9. The fourth-order valence-electron chi connectivity index (χ4n) is 2.92. The van der Waals surface area contributed by atoms with Crippen molar-refractivity contribution in [1.82, 2.24) is 5.32 Å². The van der Waals surface area contributed by atoms with Gasteiger partial charge >= 0.3 is 0 Å². The fraction of sp³-hybridized carbons (Fsp3) is 0.533. The van der Waals surface area contributed by atoms with E-state index in [1.165, 1.54) is 18.6 Å². The molecule has 3 nitrogen and oxygen atoms in total. The van der Waals surface area contributed by atoms with Gasteiger partial charge in [0.2, 0.25) is 0 Å². The normalized spacial score (nSPS) is 26.3. The largest absolute Gasteiger partial charge is 0.345 e. The lowest BCUT2D eigenvalue weighted by molar-refractivity contribution is 0.0811. The molecule has 1 saturated carbocycles. The van der Waals surface area contributed by atoms with Crippen LogP contribution in [0.1, 0.15) is 43.0 Å². The van der Waals surface area contributed by atoms with Gasteiger partial charge in [0, 0.05) is 11.0 Å². The molecule has 2 unspecified atom stereocenters. The third kappa shape index (κ3) is 3.04. The van der Waals surface area contributed by atoms with Crippen LogP contribution in [0.4, 0.5) is 4.39 Å². The van der Waals surface area contributed by atoms with Crippen LogP contribution in [-0.4, -0.2) is 18.0 Å². The molecule has 0 aliphatic heterocycles. The predicted octanol–water partition coefficient (Wildman–Crippen LogP) is 3.23. The summed E-state index contributed by atoms with van der Waals surface area (Å²) in [6.45, 7) is 2.53. The van der Waals surface area contributed by atoms with Crippen molar-refractivity contribution in [1.29, 1.82) is 0 Å². The van der Waals surface area contributed by atoms with Gasteiger partial charge in [-0.05, 0) is 52.9 Å². The number of carbonyl (C=O) groups excluding carboxylic acids is 1. The van der Waals surface area contributed by atoms with E-state index >= 15 is 0 Å². The van der Waals surface area contributed by atoms with Gasteiger partial charge in [0.25, 0.3) is 5.91 Å². The summed E-state index contributed by atoms with van der Waals surface area (Å²) in [6.07, 6.45) is 4.17.